The number of carbonyl (C=O) groups excluding carboxylic acids is 1. The first-order valence-corrected chi connectivity index (χ1v) is 12.9. The number of hydrogen-bond acceptors (Lipinski definition) is 6. The Balaban J connectivity index is 1.56. The van der Waals surface area contributed by atoms with Crippen molar-refractivity contribution in [1.82, 2.24) is 14.7 Å². The Bertz CT molecular complexity index is 924. The lowest BCUT2D eigenvalue weighted by Gasteiger charge is -2.34. The minimum Gasteiger partial charge on any atom is -0.272 e. The number of aromatic nitrogens is 1. The van der Waals surface area contributed by atoms with Crippen molar-refractivity contribution in [3.8, 4) is 0 Å². The Morgan fingerprint density at radius 2 is 2.00 bits per heavy atom. The normalized spacial score (nSPS) is 26.5. The summed E-state index contributed by atoms with van der Waals surface area (Å²) in [4.78, 5) is 16.6. The molecule has 1 aromatic heterocycles. The van der Waals surface area contributed by atoms with E-state index >= 15 is 0 Å². The van der Waals surface area contributed by atoms with Crippen LogP contribution in [-0.4, -0.2) is 48.2 Å². The fourth-order valence-electron chi connectivity index (χ4n) is 4.72. The van der Waals surface area contributed by atoms with E-state index in [4.69, 9.17) is 0 Å². The molecule has 166 valence electrons. The molecule has 1 amide bonds. The van der Waals surface area contributed by atoms with Crippen molar-refractivity contribution in [2.24, 2.45) is 21.8 Å². The molecule has 3 rings (SSSR count). The fourth-order valence-corrected chi connectivity index (χ4v) is 6.76. The zero-order chi connectivity index (χ0) is 22.2. The third-order valence-electron chi connectivity index (χ3n) is 7.23. The quantitative estimate of drug-likeness (QED) is 0.481. The van der Waals surface area contributed by atoms with Gasteiger partial charge in [0.1, 0.15) is 4.90 Å². The first-order valence-electron chi connectivity index (χ1n) is 10.5. The molecular formula is C21H32N4O3S2. The molecule has 2 fully saturated rings. The third-order valence-corrected chi connectivity index (χ3v) is 10.2. The van der Waals surface area contributed by atoms with Crippen molar-refractivity contribution >= 4 is 33.4 Å². The molecule has 0 saturated heterocycles. The Morgan fingerprint density at radius 1 is 1.30 bits per heavy atom. The van der Waals surface area contributed by atoms with E-state index in [0.29, 0.717) is 24.0 Å². The lowest BCUT2D eigenvalue weighted by Crippen LogP contribution is -2.34. The predicted molar refractivity (Wildman–Crippen MR) is 120 cm³/mol. The smallest absolute Gasteiger partial charge is 0.250 e. The lowest BCUT2D eigenvalue weighted by molar-refractivity contribution is -0.118. The highest BCUT2D eigenvalue weighted by Crippen LogP contribution is 2.63. The van der Waals surface area contributed by atoms with Crippen LogP contribution in [0.2, 0.25) is 0 Å². The van der Waals surface area contributed by atoms with E-state index in [9.17, 15) is 13.2 Å². The largest absolute Gasteiger partial charge is 0.272 e. The molecule has 0 spiro atoms. The first-order chi connectivity index (χ1) is 14.1. The highest BCUT2D eigenvalue weighted by atomic mass is 32.2. The average molecular weight is 453 g/mol. The van der Waals surface area contributed by atoms with Crippen LogP contribution in [0.4, 0.5) is 0 Å². The molecule has 7 nitrogen and oxygen atoms in total. The lowest BCUT2D eigenvalue weighted by atomic mass is 9.70. The fraction of sp³-hybridized carbons (Fsp3) is 0.667. The van der Waals surface area contributed by atoms with Crippen LogP contribution in [0.5, 0.6) is 0 Å². The van der Waals surface area contributed by atoms with Gasteiger partial charge in [0, 0.05) is 30.4 Å². The van der Waals surface area contributed by atoms with Crippen LogP contribution in [0.3, 0.4) is 0 Å². The molecule has 1 heterocycles. The van der Waals surface area contributed by atoms with Gasteiger partial charge in [-0.05, 0) is 42.7 Å². The molecule has 2 aliphatic rings. The zero-order valence-electron chi connectivity index (χ0n) is 18.4. The van der Waals surface area contributed by atoms with E-state index in [-0.39, 0.29) is 27.4 Å². The van der Waals surface area contributed by atoms with Gasteiger partial charge in [-0.1, -0.05) is 46.4 Å². The van der Waals surface area contributed by atoms with Crippen molar-refractivity contribution in [2.75, 3.05) is 18.8 Å². The number of fused-ring (bicyclic) bond motifs is 2. The van der Waals surface area contributed by atoms with Crippen molar-refractivity contribution < 1.29 is 13.2 Å². The Kier molecular flexibility index (Phi) is 6.65. The van der Waals surface area contributed by atoms with Crippen molar-refractivity contribution in [3.05, 3.63) is 18.3 Å². The molecule has 0 aliphatic heterocycles. The van der Waals surface area contributed by atoms with Crippen LogP contribution in [-0.2, 0) is 14.8 Å². The molecule has 2 unspecified atom stereocenters. The number of hydrogen-bond donors (Lipinski definition) is 1. The van der Waals surface area contributed by atoms with E-state index in [1.54, 1.807) is 26.0 Å². The molecule has 2 aliphatic carbocycles. The molecule has 30 heavy (non-hydrogen) atoms. The molecule has 2 atom stereocenters. The Morgan fingerprint density at radius 3 is 2.50 bits per heavy atom. The van der Waals surface area contributed by atoms with Gasteiger partial charge in [0.05, 0.1) is 10.8 Å². The molecule has 0 radical (unpaired) electrons. The number of hydrazone groups is 1. The maximum atomic E-state index is 12.5. The van der Waals surface area contributed by atoms with Gasteiger partial charge < -0.3 is 0 Å². The van der Waals surface area contributed by atoms with E-state index in [1.165, 1.54) is 28.7 Å². The zero-order valence-corrected chi connectivity index (χ0v) is 20.1. The average Bonchev–Trinajstić information content (AvgIpc) is 3.05. The van der Waals surface area contributed by atoms with Crippen LogP contribution >= 0.6 is 11.8 Å². The number of thioether (sulfide) groups is 1. The van der Waals surface area contributed by atoms with E-state index in [0.717, 1.165) is 18.6 Å². The van der Waals surface area contributed by atoms with Crippen LogP contribution in [0.25, 0.3) is 0 Å². The van der Waals surface area contributed by atoms with Gasteiger partial charge in [-0.2, -0.15) is 9.41 Å². The molecular weight excluding hydrogens is 420 g/mol. The minimum absolute atomic E-state index is 0.0613. The van der Waals surface area contributed by atoms with Crippen molar-refractivity contribution in [3.63, 3.8) is 0 Å². The monoisotopic (exact) mass is 452 g/mol. The van der Waals surface area contributed by atoms with Gasteiger partial charge in [-0.3, -0.25) is 4.79 Å². The van der Waals surface area contributed by atoms with Gasteiger partial charge in [-0.15, -0.1) is 0 Å². The van der Waals surface area contributed by atoms with Gasteiger partial charge in [0.2, 0.25) is 15.9 Å². The molecule has 0 aromatic carbocycles. The molecule has 9 heteroatoms. The topological polar surface area (TPSA) is 91.7 Å². The van der Waals surface area contributed by atoms with Crippen molar-refractivity contribution in [1.29, 1.82) is 0 Å². The molecule has 2 bridgehead atoms. The third kappa shape index (κ3) is 4.03. The molecule has 2 saturated carbocycles. The molecule has 1 N–H and O–H groups in total. The summed E-state index contributed by atoms with van der Waals surface area (Å²) >= 11 is 1.26. The number of amides is 1. The summed E-state index contributed by atoms with van der Waals surface area (Å²) in [5.41, 5.74) is 4.10. The highest BCUT2D eigenvalue weighted by Gasteiger charge is 2.60. The Labute approximate surface area is 184 Å². The Hall–Kier alpha value is -1.45. The van der Waals surface area contributed by atoms with Gasteiger partial charge in [0.15, 0.2) is 0 Å². The summed E-state index contributed by atoms with van der Waals surface area (Å²) in [6.45, 7) is 11.3. The van der Waals surface area contributed by atoms with Crippen LogP contribution in [0.1, 0.15) is 53.9 Å². The second-order valence-electron chi connectivity index (χ2n) is 8.80. The number of pyridine rings is 1. The van der Waals surface area contributed by atoms with Gasteiger partial charge >= 0.3 is 0 Å². The summed E-state index contributed by atoms with van der Waals surface area (Å²) in [7, 11) is -3.52. The van der Waals surface area contributed by atoms with E-state index in [1.807, 2.05) is 0 Å². The second kappa shape index (κ2) is 8.59. The maximum absolute atomic E-state index is 12.5. The highest BCUT2D eigenvalue weighted by molar-refractivity contribution is 7.99. The summed E-state index contributed by atoms with van der Waals surface area (Å²) in [5, 5.41) is 5.07. The van der Waals surface area contributed by atoms with Crippen LogP contribution in [0, 0.1) is 16.7 Å². The maximum Gasteiger partial charge on any atom is 0.250 e. The van der Waals surface area contributed by atoms with Crippen molar-refractivity contribution in [2.45, 2.75) is 63.8 Å². The minimum atomic E-state index is -3.52. The van der Waals surface area contributed by atoms with Gasteiger partial charge in [0.25, 0.3) is 0 Å². The number of rotatable bonds is 8. The first kappa shape index (κ1) is 23.2. The van der Waals surface area contributed by atoms with E-state index in [2.05, 4.69) is 36.3 Å². The summed E-state index contributed by atoms with van der Waals surface area (Å²) in [6.07, 6.45) is 4.67. The summed E-state index contributed by atoms with van der Waals surface area (Å²) in [6, 6.07) is 3.18. The van der Waals surface area contributed by atoms with Gasteiger partial charge in [-0.25, -0.2) is 18.8 Å². The second-order valence-corrected chi connectivity index (χ2v) is 11.7. The van der Waals surface area contributed by atoms with Crippen LogP contribution in [0.15, 0.2) is 33.4 Å². The number of nitrogens with zero attached hydrogens (tertiary/aromatic N) is 3. The predicted octanol–water partition coefficient (Wildman–Crippen LogP) is 3.52. The van der Waals surface area contributed by atoms with Crippen LogP contribution < -0.4 is 5.43 Å². The number of nitrogens with one attached hydrogen (secondary N) is 1. The number of carbonyl (C=O) groups is 1. The summed E-state index contributed by atoms with van der Waals surface area (Å²) in [5.74, 6) is 0.635. The van der Waals surface area contributed by atoms with E-state index < -0.39 is 10.0 Å². The standard InChI is InChI=1S/C21H32N4O3S2/c1-6-25(7-2)30(27,28)16-8-9-19(22-13-16)29-14-18(26)24-23-17-12-15-10-11-21(17,5)20(15,3)4/h8-9,13,15H,6-7,10-12,14H2,1-5H3,(H,24,26)/b23-17+. The molecule has 1 aromatic rings. The number of sulfonamides is 1. The SMILES string of the molecule is CCN(CC)S(=O)(=O)c1ccc(SCC(=O)N/N=C2\CC3CCC2(C)C3(C)C)nc1. The summed E-state index contributed by atoms with van der Waals surface area (Å²) < 4.78 is 26.4.